The van der Waals surface area contributed by atoms with Crippen LogP contribution in [0.25, 0.3) is 0 Å². The Morgan fingerprint density at radius 1 is 1.21 bits per heavy atom. The number of hydrogen-bond donors (Lipinski definition) is 4. The Morgan fingerprint density at radius 2 is 1.79 bits per heavy atom. The van der Waals surface area contributed by atoms with E-state index in [2.05, 4.69) is 20.9 Å². The second-order valence-electron chi connectivity index (χ2n) is 7.43. The van der Waals surface area contributed by atoms with Gasteiger partial charge in [-0.15, -0.1) is 0 Å². The molecule has 0 aliphatic heterocycles. The van der Waals surface area contributed by atoms with Crippen molar-refractivity contribution >= 4 is 23.3 Å². The van der Waals surface area contributed by atoms with Crippen LogP contribution in [0.4, 0.5) is 35.2 Å². The number of hydrogen-bond acceptors (Lipinski definition) is 6. The summed E-state index contributed by atoms with van der Waals surface area (Å²) >= 11 is 0. The number of nitrogens with zero attached hydrogens (tertiary/aromatic N) is 2. The lowest BCUT2D eigenvalue weighted by Crippen LogP contribution is -2.60. The van der Waals surface area contributed by atoms with Gasteiger partial charge in [0.2, 0.25) is 0 Å². The minimum absolute atomic E-state index is 0.246. The third kappa shape index (κ3) is 4.37. The zero-order chi connectivity index (χ0) is 20.6. The molecular weight excluding hydrogens is 383 g/mol. The molecule has 154 valence electrons. The molecular formula is C16H20F3N5O4. The van der Waals surface area contributed by atoms with Gasteiger partial charge in [-0.3, -0.25) is 10.1 Å². The van der Waals surface area contributed by atoms with Crippen molar-refractivity contribution in [2.75, 3.05) is 17.2 Å². The number of anilines is 2. The number of carbonyl (C=O) groups is 1. The van der Waals surface area contributed by atoms with Crippen molar-refractivity contribution in [3.8, 4) is 0 Å². The number of nitrogens with one attached hydrogen (secondary N) is 3. The fourth-order valence-electron chi connectivity index (χ4n) is 4.06. The van der Waals surface area contributed by atoms with E-state index in [1.807, 2.05) is 0 Å². The van der Waals surface area contributed by atoms with Crippen LogP contribution in [0.3, 0.4) is 0 Å². The predicted octanol–water partition coefficient (Wildman–Crippen LogP) is 3.49. The lowest BCUT2D eigenvalue weighted by Gasteiger charge is -2.53. The lowest BCUT2D eigenvalue weighted by atomic mass is 9.61. The maximum Gasteiger partial charge on any atom is 0.405 e. The summed E-state index contributed by atoms with van der Waals surface area (Å²) in [6, 6.07) is 1.21. The standard InChI is InChI=1S/C16H20F3N5O4/c17-16(18,19)9-21-10-7-12(20-8-11(10)24(27)28)22-14-1-4-15(5-2-14,6-3-14)23-13(25)26/h7-8,23H,1-6,9H2,(H,25,26)(H2,20,21,22). The first kappa shape index (κ1) is 20.0. The molecule has 0 spiro atoms. The first-order chi connectivity index (χ1) is 13.0. The average Bonchev–Trinajstić information content (AvgIpc) is 2.60. The van der Waals surface area contributed by atoms with Crippen LogP contribution in [-0.2, 0) is 0 Å². The highest BCUT2D eigenvalue weighted by Gasteiger charge is 2.49. The van der Waals surface area contributed by atoms with E-state index in [0.717, 1.165) is 6.20 Å². The number of carboxylic acid groups (broad SMARTS) is 1. The zero-order valence-corrected chi connectivity index (χ0v) is 14.8. The third-order valence-corrected chi connectivity index (χ3v) is 5.57. The highest BCUT2D eigenvalue weighted by molar-refractivity contribution is 5.66. The lowest BCUT2D eigenvalue weighted by molar-refractivity contribution is -0.384. The van der Waals surface area contributed by atoms with Gasteiger partial charge in [-0.1, -0.05) is 0 Å². The molecule has 4 rings (SSSR count). The topological polar surface area (TPSA) is 129 Å². The zero-order valence-electron chi connectivity index (χ0n) is 14.8. The Kier molecular flexibility index (Phi) is 4.98. The number of nitro groups is 1. The van der Waals surface area contributed by atoms with Crippen molar-refractivity contribution in [3.05, 3.63) is 22.4 Å². The van der Waals surface area contributed by atoms with Gasteiger partial charge in [0, 0.05) is 17.1 Å². The van der Waals surface area contributed by atoms with Gasteiger partial charge in [-0.25, -0.2) is 9.78 Å². The van der Waals surface area contributed by atoms with E-state index >= 15 is 0 Å². The number of halogens is 3. The first-order valence-corrected chi connectivity index (χ1v) is 8.76. The van der Waals surface area contributed by atoms with E-state index in [4.69, 9.17) is 5.11 Å². The van der Waals surface area contributed by atoms with Crippen LogP contribution in [0.15, 0.2) is 12.3 Å². The second-order valence-corrected chi connectivity index (χ2v) is 7.43. The van der Waals surface area contributed by atoms with E-state index in [9.17, 15) is 28.1 Å². The number of amides is 1. The van der Waals surface area contributed by atoms with E-state index in [-0.39, 0.29) is 17.0 Å². The van der Waals surface area contributed by atoms with Gasteiger partial charge in [0.15, 0.2) is 0 Å². The molecule has 1 heterocycles. The first-order valence-electron chi connectivity index (χ1n) is 8.76. The minimum Gasteiger partial charge on any atom is -0.465 e. The SMILES string of the molecule is O=C(O)NC12CCC(Nc3cc(NCC(F)(F)F)c([N+](=O)[O-])cn3)(CC1)CC2. The number of rotatable bonds is 6. The molecule has 3 aliphatic rings. The smallest absolute Gasteiger partial charge is 0.405 e. The van der Waals surface area contributed by atoms with Gasteiger partial charge in [0.25, 0.3) is 0 Å². The number of aromatic nitrogens is 1. The van der Waals surface area contributed by atoms with Crippen molar-refractivity contribution in [2.24, 2.45) is 0 Å². The molecule has 4 N–H and O–H groups in total. The number of alkyl halides is 3. The molecule has 3 saturated carbocycles. The number of fused-ring (bicyclic) bond motifs is 3. The van der Waals surface area contributed by atoms with Gasteiger partial charge in [0.05, 0.1) is 4.92 Å². The van der Waals surface area contributed by atoms with Crippen LogP contribution < -0.4 is 16.0 Å². The van der Waals surface area contributed by atoms with Crippen molar-refractivity contribution in [1.29, 1.82) is 0 Å². The maximum absolute atomic E-state index is 12.5. The fourth-order valence-corrected chi connectivity index (χ4v) is 4.06. The molecule has 1 amide bonds. The van der Waals surface area contributed by atoms with Gasteiger partial charge in [0.1, 0.15) is 24.2 Å². The number of pyridine rings is 1. The van der Waals surface area contributed by atoms with E-state index in [1.54, 1.807) is 0 Å². The normalized spacial score (nSPS) is 26.5. The summed E-state index contributed by atoms with van der Waals surface area (Å²) in [5.41, 5.74) is -1.58. The average molecular weight is 403 g/mol. The largest absolute Gasteiger partial charge is 0.465 e. The molecule has 1 aromatic rings. The van der Waals surface area contributed by atoms with Crippen LogP contribution in [0.1, 0.15) is 38.5 Å². The predicted molar refractivity (Wildman–Crippen MR) is 93.4 cm³/mol. The van der Waals surface area contributed by atoms with Crippen LogP contribution in [0.5, 0.6) is 0 Å². The Labute approximate surface area is 157 Å². The summed E-state index contributed by atoms with van der Waals surface area (Å²) < 4.78 is 37.5. The van der Waals surface area contributed by atoms with Gasteiger partial charge in [-0.05, 0) is 38.5 Å². The summed E-state index contributed by atoms with van der Waals surface area (Å²) in [4.78, 5) is 25.3. The van der Waals surface area contributed by atoms with E-state index in [0.29, 0.717) is 38.5 Å². The third-order valence-electron chi connectivity index (χ3n) is 5.57. The Balaban J connectivity index is 1.74. The molecule has 9 nitrogen and oxygen atoms in total. The molecule has 1 aromatic heterocycles. The minimum atomic E-state index is -4.52. The Morgan fingerprint density at radius 3 is 2.29 bits per heavy atom. The van der Waals surface area contributed by atoms with Gasteiger partial charge >= 0.3 is 18.0 Å². The van der Waals surface area contributed by atoms with Crippen molar-refractivity contribution in [3.63, 3.8) is 0 Å². The quantitative estimate of drug-likeness (QED) is 0.423. The molecule has 3 aliphatic carbocycles. The van der Waals surface area contributed by atoms with Gasteiger partial charge < -0.3 is 21.1 Å². The summed E-state index contributed by atoms with van der Waals surface area (Å²) in [5.74, 6) is 0.246. The highest BCUT2D eigenvalue weighted by Crippen LogP contribution is 2.48. The monoisotopic (exact) mass is 403 g/mol. The molecule has 0 saturated heterocycles. The summed E-state index contributed by atoms with van der Waals surface area (Å²) in [5, 5.41) is 28.0. The Bertz CT molecular complexity index is 762. The second kappa shape index (κ2) is 6.99. The molecule has 28 heavy (non-hydrogen) atoms. The summed E-state index contributed by atoms with van der Waals surface area (Å²) in [6.07, 6.45) is -0.739. The molecule has 2 bridgehead atoms. The summed E-state index contributed by atoms with van der Waals surface area (Å²) in [7, 11) is 0. The highest BCUT2D eigenvalue weighted by atomic mass is 19.4. The Hall–Kier alpha value is -2.79. The van der Waals surface area contributed by atoms with Crippen molar-refractivity contribution < 1.29 is 28.0 Å². The summed E-state index contributed by atoms with van der Waals surface area (Å²) in [6.45, 7) is -1.40. The fraction of sp³-hybridized carbons (Fsp3) is 0.625. The molecule has 0 unspecified atom stereocenters. The molecule has 0 aromatic carbocycles. The van der Waals surface area contributed by atoms with Crippen LogP contribution in [0, 0.1) is 10.1 Å². The van der Waals surface area contributed by atoms with Gasteiger partial charge in [-0.2, -0.15) is 13.2 Å². The molecule has 0 radical (unpaired) electrons. The molecule has 0 atom stereocenters. The van der Waals surface area contributed by atoms with Crippen LogP contribution >= 0.6 is 0 Å². The van der Waals surface area contributed by atoms with E-state index in [1.165, 1.54) is 6.07 Å². The van der Waals surface area contributed by atoms with Crippen molar-refractivity contribution in [1.82, 2.24) is 10.3 Å². The molecule has 12 heteroatoms. The van der Waals surface area contributed by atoms with Crippen LogP contribution in [0.2, 0.25) is 0 Å². The van der Waals surface area contributed by atoms with E-state index < -0.39 is 35.0 Å². The van der Waals surface area contributed by atoms with Crippen LogP contribution in [-0.4, -0.2) is 44.9 Å². The van der Waals surface area contributed by atoms with Crippen molar-refractivity contribution in [2.45, 2.75) is 55.8 Å². The molecule has 3 fully saturated rings. The maximum atomic E-state index is 12.5.